The summed E-state index contributed by atoms with van der Waals surface area (Å²) in [7, 11) is 1.73. The van der Waals surface area contributed by atoms with E-state index in [2.05, 4.69) is 18.2 Å². The van der Waals surface area contributed by atoms with E-state index in [4.69, 9.17) is 15.2 Å². The van der Waals surface area contributed by atoms with Crippen LogP contribution in [0.2, 0.25) is 0 Å². The second-order valence-corrected chi connectivity index (χ2v) is 4.87. The molecule has 0 bridgehead atoms. The van der Waals surface area contributed by atoms with Crippen LogP contribution in [0.1, 0.15) is 42.9 Å². The third-order valence-corrected chi connectivity index (χ3v) is 3.51. The van der Waals surface area contributed by atoms with Crippen LogP contribution in [0.15, 0.2) is 18.2 Å². The van der Waals surface area contributed by atoms with Crippen molar-refractivity contribution in [1.29, 1.82) is 0 Å². The number of hydrogen-bond acceptors (Lipinski definition) is 3. The predicted molar refractivity (Wildman–Crippen MR) is 72.9 cm³/mol. The zero-order valence-electron chi connectivity index (χ0n) is 11.2. The van der Waals surface area contributed by atoms with Crippen molar-refractivity contribution in [1.82, 2.24) is 0 Å². The van der Waals surface area contributed by atoms with Crippen molar-refractivity contribution in [3.63, 3.8) is 0 Å². The molecule has 18 heavy (non-hydrogen) atoms. The Kier molecular flexibility index (Phi) is 5.02. The summed E-state index contributed by atoms with van der Waals surface area (Å²) >= 11 is 0. The van der Waals surface area contributed by atoms with Crippen molar-refractivity contribution in [2.24, 2.45) is 5.73 Å². The van der Waals surface area contributed by atoms with Crippen molar-refractivity contribution in [3.05, 3.63) is 29.3 Å². The Morgan fingerprint density at radius 2 is 2.11 bits per heavy atom. The molecule has 1 aliphatic carbocycles. The Hall–Kier alpha value is -1.06. The van der Waals surface area contributed by atoms with Gasteiger partial charge in [0.05, 0.1) is 6.61 Å². The molecule has 0 saturated carbocycles. The van der Waals surface area contributed by atoms with Gasteiger partial charge in [-0.3, -0.25) is 0 Å². The number of hydrogen-bond donors (Lipinski definition) is 1. The lowest BCUT2D eigenvalue weighted by Gasteiger charge is -2.24. The quantitative estimate of drug-likeness (QED) is 0.788. The van der Waals surface area contributed by atoms with E-state index in [1.54, 1.807) is 7.11 Å². The molecule has 1 aromatic rings. The number of rotatable bonds is 6. The van der Waals surface area contributed by atoms with E-state index < -0.39 is 0 Å². The standard InChI is InChI=1S/C15H23NO2/c1-17-10-2-3-11-18-15-9-5-6-12-13(15)7-4-8-14(12)16/h5-6,9,14H,2-4,7-8,10-11,16H2,1H3. The smallest absolute Gasteiger partial charge is 0.122 e. The molecule has 1 unspecified atom stereocenters. The van der Waals surface area contributed by atoms with Gasteiger partial charge in [0.25, 0.3) is 0 Å². The SMILES string of the molecule is COCCCCOc1cccc2c1CCCC2N. The lowest BCUT2D eigenvalue weighted by atomic mass is 9.87. The summed E-state index contributed by atoms with van der Waals surface area (Å²) in [6.07, 6.45) is 5.42. The second-order valence-electron chi connectivity index (χ2n) is 4.87. The molecule has 0 saturated heterocycles. The number of methoxy groups -OCH3 is 1. The van der Waals surface area contributed by atoms with Crippen molar-refractivity contribution in [2.45, 2.75) is 38.1 Å². The molecule has 0 aliphatic heterocycles. The highest BCUT2D eigenvalue weighted by molar-refractivity contribution is 5.43. The summed E-state index contributed by atoms with van der Waals surface area (Å²) in [5.41, 5.74) is 8.73. The first-order valence-corrected chi connectivity index (χ1v) is 6.82. The summed E-state index contributed by atoms with van der Waals surface area (Å²) in [5.74, 6) is 1.03. The third-order valence-electron chi connectivity index (χ3n) is 3.51. The van der Waals surface area contributed by atoms with Crippen LogP contribution in [0.4, 0.5) is 0 Å². The van der Waals surface area contributed by atoms with E-state index in [0.29, 0.717) is 0 Å². The minimum atomic E-state index is 0.186. The fourth-order valence-corrected chi connectivity index (χ4v) is 2.52. The van der Waals surface area contributed by atoms with Gasteiger partial charge in [0, 0.05) is 19.8 Å². The molecular formula is C15H23NO2. The maximum atomic E-state index is 6.14. The van der Waals surface area contributed by atoms with Gasteiger partial charge in [-0.25, -0.2) is 0 Å². The number of unbranched alkanes of at least 4 members (excludes halogenated alkanes) is 1. The maximum Gasteiger partial charge on any atom is 0.122 e. The highest BCUT2D eigenvalue weighted by Gasteiger charge is 2.19. The number of ether oxygens (including phenoxy) is 2. The van der Waals surface area contributed by atoms with Crippen molar-refractivity contribution < 1.29 is 9.47 Å². The Bertz CT molecular complexity index is 379. The average molecular weight is 249 g/mol. The Morgan fingerprint density at radius 3 is 2.94 bits per heavy atom. The van der Waals surface area contributed by atoms with Gasteiger partial charge in [-0.1, -0.05) is 12.1 Å². The summed E-state index contributed by atoms with van der Waals surface area (Å²) in [5, 5.41) is 0. The van der Waals surface area contributed by atoms with Gasteiger partial charge in [-0.05, 0) is 49.3 Å². The van der Waals surface area contributed by atoms with Crippen LogP contribution < -0.4 is 10.5 Å². The van der Waals surface area contributed by atoms with Gasteiger partial charge in [-0.2, -0.15) is 0 Å². The molecule has 1 aliphatic rings. The Labute approximate surface area is 109 Å². The average Bonchev–Trinajstić information content (AvgIpc) is 2.39. The van der Waals surface area contributed by atoms with Crippen LogP contribution in [-0.2, 0) is 11.2 Å². The third kappa shape index (κ3) is 3.24. The van der Waals surface area contributed by atoms with Crippen molar-refractivity contribution >= 4 is 0 Å². The minimum absolute atomic E-state index is 0.186. The zero-order chi connectivity index (χ0) is 12.8. The van der Waals surface area contributed by atoms with Gasteiger partial charge in [-0.15, -0.1) is 0 Å². The number of nitrogens with two attached hydrogens (primary N) is 1. The van der Waals surface area contributed by atoms with Crippen molar-refractivity contribution in [3.8, 4) is 5.75 Å². The van der Waals surface area contributed by atoms with Crippen LogP contribution in [0, 0.1) is 0 Å². The summed E-state index contributed by atoms with van der Waals surface area (Å²) in [6, 6.07) is 6.43. The molecule has 1 atom stereocenters. The lowest BCUT2D eigenvalue weighted by Crippen LogP contribution is -2.18. The highest BCUT2D eigenvalue weighted by atomic mass is 16.5. The van der Waals surface area contributed by atoms with E-state index in [9.17, 15) is 0 Å². The largest absolute Gasteiger partial charge is 0.493 e. The molecule has 2 rings (SSSR count). The van der Waals surface area contributed by atoms with Gasteiger partial charge < -0.3 is 15.2 Å². The Morgan fingerprint density at radius 1 is 1.28 bits per heavy atom. The summed E-state index contributed by atoms with van der Waals surface area (Å²) < 4.78 is 10.9. The zero-order valence-corrected chi connectivity index (χ0v) is 11.2. The van der Waals surface area contributed by atoms with Crippen LogP contribution in [-0.4, -0.2) is 20.3 Å². The van der Waals surface area contributed by atoms with Gasteiger partial charge in [0.15, 0.2) is 0 Å². The summed E-state index contributed by atoms with van der Waals surface area (Å²) in [4.78, 5) is 0. The maximum absolute atomic E-state index is 6.14. The van der Waals surface area contributed by atoms with E-state index in [-0.39, 0.29) is 6.04 Å². The molecule has 100 valence electrons. The predicted octanol–water partition coefficient (Wildman–Crippen LogP) is 2.83. The van der Waals surface area contributed by atoms with Crippen LogP contribution >= 0.6 is 0 Å². The molecular weight excluding hydrogens is 226 g/mol. The first-order chi connectivity index (χ1) is 8.83. The second kappa shape index (κ2) is 6.76. The molecule has 0 spiro atoms. The molecule has 0 heterocycles. The molecule has 0 radical (unpaired) electrons. The van der Waals surface area contributed by atoms with E-state index in [0.717, 1.165) is 51.1 Å². The van der Waals surface area contributed by atoms with Crippen LogP contribution in [0.3, 0.4) is 0 Å². The lowest BCUT2D eigenvalue weighted by molar-refractivity contribution is 0.184. The molecule has 3 heteroatoms. The Balaban J connectivity index is 1.94. The first-order valence-electron chi connectivity index (χ1n) is 6.82. The number of fused-ring (bicyclic) bond motifs is 1. The molecule has 2 N–H and O–H groups in total. The monoisotopic (exact) mass is 249 g/mol. The van der Waals surface area contributed by atoms with Gasteiger partial charge in [0.2, 0.25) is 0 Å². The minimum Gasteiger partial charge on any atom is -0.493 e. The fraction of sp³-hybridized carbons (Fsp3) is 0.600. The highest BCUT2D eigenvalue weighted by Crippen LogP contribution is 2.34. The van der Waals surface area contributed by atoms with E-state index >= 15 is 0 Å². The van der Waals surface area contributed by atoms with E-state index in [1.165, 1.54) is 11.1 Å². The summed E-state index contributed by atoms with van der Waals surface area (Å²) in [6.45, 7) is 1.57. The molecule has 1 aromatic carbocycles. The van der Waals surface area contributed by atoms with Gasteiger partial charge in [0.1, 0.15) is 5.75 Å². The van der Waals surface area contributed by atoms with E-state index in [1.807, 2.05) is 0 Å². The van der Waals surface area contributed by atoms with Crippen LogP contribution in [0.5, 0.6) is 5.75 Å². The first kappa shape index (κ1) is 13.4. The van der Waals surface area contributed by atoms with Crippen LogP contribution in [0.25, 0.3) is 0 Å². The number of benzene rings is 1. The topological polar surface area (TPSA) is 44.5 Å². The molecule has 0 aromatic heterocycles. The normalized spacial score (nSPS) is 18.4. The molecule has 0 amide bonds. The van der Waals surface area contributed by atoms with Crippen molar-refractivity contribution in [2.75, 3.05) is 20.3 Å². The fourth-order valence-electron chi connectivity index (χ4n) is 2.52. The van der Waals surface area contributed by atoms with Gasteiger partial charge >= 0.3 is 0 Å². The molecule has 0 fully saturated rings. The molecule has 3 nitrogen and oxygen atoms in total.